The highest BCUT2D eigenvalue weighted by Crippen LogP contribution is 2.16. The lowest BCUT2D eigenvalue weighted by Gasteiger charge is -2.05. The van der Waals surface area contributed by atoms with Gasteiger partial charge < -0.3 is 15.2 Å². The molecule has 2 amide bonds. The summed E-state index contributed by atoms with van der Waals surface area (Å²) in [5, 5.41) is 9.47. The van der Waals surface area contributed by atoms with Crippen LogP contribution in [0.4, 0.5) is 10.5 Å². The van der Waals surface area contributed by atoms with Crippen LogP contribution in [0, 0.1) is 6.92 Å². The molecule has 2 N–H and O–H groups in total. The number of carbonyl (C=O) groups is 1. The van der Waals surface area contributed by atoms with Gasteiger partial charge in [-0.05, 0) is 19.1 Å². The first-order chi connectivity index (χ1) is 11.7. The summed E-state index contributed by atoms with van der Waals surface area (Å²) in [5.41, 5.74) is 2.83. The molecule has 0 aliphatic heterocycles. The van der Waals surface area contributed by atoms with Crippen LogP contribution in [0.2, 0.25) is 0 Å². The number of carbonyl (C=O) groups excluding carboxylic acids is 1. The van der Waals surface area contributed by atoms with Gasteiger partial charge in [-0.1, -0.05) is 53.2 Å². The number of amides is 2. The molecule has 1 aromatic heterocycles. The van der Waals surface area contributed by atoms with Gasteiger partial charge in [-0.3, -0.25) is 0 Å². The van der Waals surface area contributed by atoms with Gasteiger partial charge in [0.1, 0.15) is 0 Å². The quantitative estimate of drug-likeness (QED) is 0.754. The number of nitrogens with zero attached hydrogens (tertiary/aromatic N) is 2. The van der Waals surface area contributed by atoms with E-state index in [-0.39, 0.29) is 6.03 Å². The molecular formula is C18H18N4O2. The molecule has 3 aromatic rings. The van der Waals surface area contributed by atoms with Crippen molar-refractivity contribution in [2.75, 3.05) is 11.9 Å². The van der Waals surface area contributed by atoms with Crippen LogP contribution in [0.25, 0.3) is 11.4 Å². The third-order valence-electron chi connectivity index (χ3n) is 3.43. The van der Waals surface area contributed by atoms with Crippen molar-refractivity contribution >= 4 is 11.7 Å². The second kappa shape index (κ2) is 7.41. The number of hydrogen-bond donors (Lipinski definition) is 2. The third-order valence-corrected chi connectivity index (χ3v) is 3.43. The van der Waals surface area contributed by atoms with Crippen molar-refractivity contribution in [3.05, 3.63) is 66.1 Å². The van der Waals surface area contributed by atoms with Crippen molar-refractivity contribution in [3.63, 3.8) is 0 Å². The number of hydrogen-bond acceptors (Lipinski definition) is 4. The highest BCUT2D eigenvalue weighted by Gasteiger charge is 2.09. The minimum atomic E-state index is -0.264. The van der Waals surface area contributed by atoms with Crippen LogP contribution in [0.15, 0.2) is 59.1 Å². The lowest BCUT2D eigenvalue weighted by Crippen LogP contribution is -2.30. The summed E-state index contributed by atoms with van der Waals surface area (Å²) < 4.78 is 5.22. The van der Waals surface area contributed by atoms with E-state index in [1.165, 1.54) is 5.56 Å². The van der Waals surface area contributed by atoms with Gasteiger partial charge in [0.15, 0.2) is 0 Å². The molecule has 2 aromatic carbocycles. The van der Waals surface area contributed by atoms with Gasteiger partial charge >= 0.3 is 6.03 Å². The van der Waals surface area contributed by atoms with Gasteiger partial charge in [0.2, 0.25) is 11.7 Å². The Morgan fingerprint density at radius 3 is 2.58 bits per heavy atom. The molecule has 0 saturated heterocycles. The molecular weight excluding hydrogens is 304 g/mol. The standard InChI is InChI=1S/C18H18N4O2/c1-13-7-9-14(10-8-13)17-21-16(24-22-17)11-12-19-18(23)20-15-5-3-2-4-6-15/h2-10H,11-12H2,1H3,(H2,19,20,23). The Labute approximate surface area is 139 Å². The fourth-order valence-corrected chi connectivity index (χ4v) is 2.16. The van der Waals surface area contributed by atoms with Crippen molar-refractivity contribution in [2.45, 2.75) is 13.3 Å². The van der Waals surface area contributed by atoms with Gasteiger partial charge in [-0.15, -0.1) is 0 Å². The lowest BCUT2D eigenvalue weighted by molar-refractivity contribution is 0.252. The summed E-state index contributed by atoms with van der Waals surface area (Å²) in [6, 6.07) is 16.9. The zero-order chi connectivity index (χ0) is 16.8. The number of rotatable bonds is 5. The number of nitrogens with one attached hydrogen (secondary N) is 2. The summed E-state index contributed by atoms with van der Waals surface area (Å²) in [4.78, 5) is 16.1. The van der Waals surface area contributed by atoms with E-state index >= 15 is 0 Å². The molecule has 0 aliphatic rings. The lowest BCUT2D eigenvalue weighted by atomic mass is 10.1. The van der Waals surface area contributed by atoms with Crippen LogP contribution >= 0.6 is 0 Å². The fourth-order valence-electron chi connectivity index (χ4n) is 2.16. The highest BCUT2D eigenvalue weighted by atomic mass is 16.5. The average molecular weight is 322 g/mol. The molecule has 0 radical (unpaired) electrons. The zero-order valence-corrected chi connectivity index (χ0v) is 13.3. The minimum Gasteiger partial charge on any atom is -0.339 e. The highest BCUT2D eigenvalue weighted by molar-refractivity contribution is 5.89. The summed E-state index contributed by atoms with van der Waals surface area (Å²) in [5.74, 6) is 1.05. The summed E-state index contributed by atoms with van der Waals surface area (Å²) in [6.07, 6.45) is 0.473. The number of aryl methyl sites for hydroxylation is 1. The van der Waals surface area contributed by atoms with Gasteiger partial charge in [0.25, 0.3) is 0 Å². The number of anilines is 1. The maximum Gasteiger partial charge on any atom is 0.319 e. The average Bonchev–Trinajstić information content (AvgIpc) is 3.05. The van der Waals surface area contributed by atoms with Gasteiger partial charge in [-0.2, -0.15) is 4.98 Å². The third kappa shape index (κ3) is 4.19. The van der Waals surface area contributed by atoms with Crippen molar-refractivity contribution in [2.24, 2.45) is 0 Å². The molecule has 0 fully saturated rings. The van der Waals surface area contributed by atoms with Crippen molar-refractivity contribution in [1.29, 1.82) is 0 Å². The van der Waals surface area contributed by atoms with Gasteiger partial charge in [0, 0.05) is 24.2 Å². The smallest absolute Gasteiger partial charge is 0.319 e. The fraction of sp³-hybridized carbons (Fsp3) is 0.167. The van der Waals surface area contributed by atoms with Crippen LogP contribution in [0.3, 0.4) is 0 Å². The van der Waals surface area contributed by atoms with E-state index < -0.39 is 0 Å². The minimum absolute atomic E-state index is 0.264. The van der Waals surface area contributed by atoms with Crippen molar-refractivity contribution in [1.82, 2.24) is 15.5 Å². The first-order valence-corrected chi connectivity index (χ1v) is 7.70. The Bertz CT molecular complexity index is 797. The monoisotopic (exact) mass is 322 g/mol. The molecule has 0 unspecified atom stereocenters. The first kappa shape index (κ1) is 15.7. The summed E-state index contributed by atoms with van der Waals surface area (Å²) in [6.45, 7) is 2.44. The predicted octanol–water partition coefficient (Wildman–Crippen LogP) is 3.41. The Morgan fingerprint density at radius 2 is 1.83 bits per heavy atom. The van der Waals surface area contributed by atoms with Gasteiger partial charge in [-0.25, -0.2) is 4.79 Å². The van der Waals surface area contributed by atoms with Crippen LogP contribution in [-0.2, 0) is 6.42 Å². The number of para-hydroxylation sites is 1. The first-order valence-electron chi connectivity index (χ1n) is 7.70. The Kier molecular flexibility index (Phi) is 4.86. The molecule has 0 spiro atoms. The topological polar surface area (TPSA) is 80.0 Å². The summed E-state index contributed by atoms with van der Waals surface area (Å²) >= 11 is 0. The molecule has 122 valence electrons. The van der Waals surface area contributed by atoms with E-state index in [2.05, 4.69) is 20.8 Å². The van der Waals surface area contributed by atoms with Crippen molar-refractivity contribution < 1.29 is 9.32 Å². The maximum absolute atomic E-state index is 11.8. The predicted molar refractivity (Wildman–Crippen MR) is 91.6 cm³/mol. The Morgan fingerprint density at radius 1 is 1.08 bits per heavy atom. The van der Waals surface area contributed by atoms with E-state index in [9.17, 15) is 4.79 Å². The van der Waals surface area contributed by atoms with Crippen LogP contribution in [0.5, 0.6) is 0 Å². The molecule has 6 nitrogen and oxygen atoms in total. The molecule has 6 heteroatoms. The van der Waals surface area contributed by atoms with Crippen LogP contribution in [0.1, 0.15) is 11.5 Å². The second-order valence-corrected chi connectivity index (χ2v) is 5.37. The zero-order valence-electron chi connectivity index (χ0n) is 13.3. The van der Waals surface area contributed by atoms with E-state index in [4.69, 9.17) is 4.52 Å². The number of urea groups is 1. The summed E-state index contributed by atoms with van der Waals surface area (Å²) in [7, 11) is 0. The molecule has 0 atom stereocenters. The normalized spacial score (nSPS) is 10.4. The van der Waals surface area contributed by atoms with Crippen LogP contribution < -0.4 is 10.6 Å². The number of benzene rings is 2. The Balaban J connectivity index is 1.49. The molecule has 0 aliphatic carbocycles. The van der Waals surface area contributed by atoms with E-state index in [0.717, 1.165) is 11.3 Å². The molecule has 1 heterocycles. The van der Waals surface area contributed by atoms with E-state index in [1.54, 1.807) is 0 Å². The molecule has 3 rings (SSSR count). The largest absolute Gasteiger partial charge is 0.339 e. The van der Waals surface area contributed by atoms with E-state index in [0.29, 0.717) is 24.7 Å². The molecule has 24 heavy (non-hydrogen) atoms. The number of aromatic nitrogens is 2. The molecule has 0 saturated carbocycles. The van der Waals surface area contributed by atoms with Gasteiger partial charge in [0.05, 0.1) is 0 Å². The maximum atomic E-state index is 11.8. The SMILES string of the molecule is Cc1ccc(-c2noc(CCNC(=O)Nc3ccccc3)n2)cc1. The Hall–Kier alpha value is -3.15. The van der Waals surface area contributed by atoms with Crippen molar-refractivity contribution in [3.8, 4) is 11.4 Å². The van der Waals surface area contributed by atoms with Crippen LogP contribution in [-0.4, -0.2) is 22.7 Å². The second-order valence-electron chi connectivity index (χ2n) is 5.37. The van der Waals surface area contributed by atoms with E-state index in [1.807, 2.05) is 61.5 Å². The molecule has 0 bridgehead atoms.